The van der Waals surface area contributed by atoms with Crippen molar-refractivity contribution in [2.45, 2.75) is 32.2 Å². The third kappa shape index (κ3) is 2.72. The molecule has 0 aromatic heterocycles. The minimum Gasteiger partial charge on any atom is -1.00 e. The van der Waals surface area contributed by atoms with Gasteiger partial charge in [-0.1, -0.05) is 0 Å². The Bertz CT molecular complexity index is 207. The summed E-state index contributed by atoms with van der Waals surface area (Å²) in [4.78, 5) is 2.28. The SMILES string of the molecule is C[N+](C)=C(N)N1CCCC1(C)C.[I-]. The molecular formula is C9H20IN3. The summed E-state index contributed by atoms with van der Waals surface area (Å²) in [5.74, 6) is 0.887. The van der Waals surface area contributed by atoms with Crippen LogP contribution in [0.4, 0.5) is 0 Å². The van der Waals surface area contributed by atoms with E-state index in [2.05, 4.69) is 18.7 Å². The number of hydrogen-bond donors (Lipinski definition) is 1. The van der Waals surface area contributed by atoms with Gasteiger partial charge in [0.05, 0.1) is 26.2 Å². The number of nitrogens with zero attached hydrogens (tertiary/aromatic N) is 2. The van der Waals surface area contributed by atoms with Gasteiger partial charge in [-0.3, -0.25) is 15.2 Å². The maximum absolute atomic E-state index is 5.97. The van der Waals surface area contributed by atoms with Crippen LogP contribution in [0.25, 0.3) is 0 Å². The first-order valence-electron chi connectivity index (χ1n) is 4.52. The van der Waals surface area contributed by atoms with Crippen molar-refractivity contribution in [3.63, 3.8) is 0 Å². The highest BCUT2D eigenvalue weighted by Gasteiger charge is 2.38. The van der Waals surface area contributed by atoms with Crippen LogP contribution in [0.15, 0.2) is 0 Å². The van der Waals surface area contributed by atoms with E-state index in [1.54, 1.807) is 0 Å². The Morgan fingerprint density at radius 1 is 1.38 bits per heavy atom. The first-order chi connectivity index (χ1) is 5.45. The Hall–Kier alpha value is 0. The van der Waals surface area contributed by atoms with Crippen molar-refractivity contribution in [3.8, 4) is 0 Å². The van der Waals surface area contributed by atoms with Crippen LogP contribution in [0.3, 0.4) is 0 Å². The van der Waals surface area contributed by atoms with Crippen molar-refractivity contribution in [2.75, 3.05) is 20.6 Å². The Morgan fingerprint density at radius 2 is 1.92 bits per heavy atom. The first-order valence-corrected chi connectivity index (χ1v) is 4.52. The number of hydrogen-bond acceptors (Lipinski definition) is 0. The molecule has 2 N–H and O–H groups in total. The van der Waals surface area contributed by atoms with Crippen LogP contribution < -0.4 is 29.7 Å². The summed E-state index contributed by atoms with van der Waals surface area (Å²) >= 11 is 0. The highest BCUT2D eigenvalue weighted by molar-refractivity contribution is 5.74. The molecule has 0 spiro atoms. The molecular weight excluding hydrogens is 277 g/mol. The largest absolute Gasteiger partial charge is 1.00 e. The smallest absolute Gasteiger partial charge is 0.345 e. The van der Waals surface area contributed by atoms with Crippen LogP contribution in [-0.4, -0.2) is 41.6 Å². The van der Waals surface area contributed by atoms with Crippen LogP contribution in [0.5, 0.6) is 0 Å². The predicted molar refractivity (Wildman–Crippen MR) is 51.3 cm³/mol. The number of likely N-dealkylation sites (tertiary alicyclic amines) is 1. The number of nitrogens with two attached hydrogens (primary N) is 1. The van der Waals surface area contributed by atoms with Crippen molar-refractivity contribution >= 4 is 5.96 Å². The van der Waals surface area contributed by atoms with Crippen molar-refractivity contribution in [2.24, 2.45) is 5.73 Å². The van der Waals surface area contributed by atoms with Crippen molar-refractivity contribution in [3.05, 3.63) is 0 Å². The van der Waals surface area contributed by atoms with E-state index < -0.39 is 0 Å². The van der Waals surface area contributed by atoms with E-state index in [9.17, 15) is 0 Å². The lowest BCUT2D eigenvalue weighted by Crippen LogP contribution is -3.00. The number of guanidine groups is 1. The lowest BCUT2D eigenvalue weighted by atomic mass is 10.0. The van der Waals surface area contributed by atoms with Crippen LogP contribution in [0, 0.1) is 0 Å². The molecule has 0 radical (unpaired) electrons. The third-order valence-corrected chi connectivity index (χ3v) is 2.64. The van der Waals surface area contributed by atoms with Gasteiger partial charge in [0.25, 0.3) is 0 Å². The molecule has 13 heavy (non-hydrogen) atoms. The Labute approximate surface area is 98.0 Å². The Kier molecular flexibility index (Phi) is 4.48. The van der Waals surface area contributed by atoms with Gasteiger partial charge in [0.2, 0.25) is 0 Å². The molecule has 1 heterocycles. The monoisotopic (exact) mass is 297 g/mol. The van der Waals surface area contributed by atoms with E-state index in [0.29, 0.717) is 0 Å². The molecule has 4 heteroatoms. The Balaban J connectivity index is 0.00000144. The van der Waals surface area contributed by atoms with Gasteiger partial charge in [-0.05, 0) is 26.7 Å². The second-order valence-corrected chi connectivity index (χ2v) is 4.32. The van der Waals surface area contributed by atoms with Crippen LogP contribution >= 0.6 is 0 Å². The van der Waals surface area contributed by atoms with E-state index in [-0.39, 0.29) is 29.5 Å². The quantitative estimate of drug-likeness (QED) is 0.231. The summed E-state index contributed by atoms with van der Waals surface area (Å²) in [7, 11) is 3.98. The summed E-state index contributed by atoms with van der Waals surface area (Å²) < 4.78 is 1.98. The normalized spacial score (nSPS) is 19.5. The molecule has 78 valence electrons. The zero-order valence-corrected chi connectivity index (χ0v) is 11.1. The first kappa shape index (κ1) is 13.0. The van der Waals surface area contributed by atoms with Gasteiger partial charge in [0, 0.05) is 0 Å². The minimum absolute atomic E-state index is 0. The lowest BCUT2D eigenvalue weighted by molar-refractivity contribution is -0.471. The standard InChI is InChI=1S/C9H19N3.HI/c1-9(2)6-5-7-12(9)8(10)11(3)4;/h10H,5-7H2,1-4H3;1H. The summed E-state index contributed by atoms with van der Waals surface area (Å²) in [5, 5.41) is 0. The van der Waals surface area contributed by atoms with Gasteiger partial charge >= 0.3 is 5.96 Å². The van der Waals surface area contributed by atoms with Crippen molar-refractivity contribution < 1.29 is 28.6 Å². The summed E-state index contributed by atoms with van der Waals surface area (Å²) in [6.45, 7) is 5.59. The molecule has 0 aromatic rings. The molecule has 1 rings (SSSR count). The third-order valence-electron chi connectivity index (χ3n) is 2.64. The van der Waals surface area contributed by atoms with Gasteiger partial charge in [0.15, 0.2) is 0 Å². The van der Waals surface area contributed by atoms with Gasteiger partial charge in [-0.2, -0.15) is 0 Å². The molecule has 0 unspecified atom stereocenters. The summed E-state index contributed by atoms with van der Waals surface area (Å²) in [6.07, 6.45) is 2.49. The van der Waals surface area contributed by atoms with Crippen molar-refractivity contribution in [1.29, 1.82) is 0 Å². The second kappa shape index (κ2) is 4.48. The topological polar surface area (TPSA) is 32.3 Å². The van der Waals surface area contributed by atoms with Gasteiger partial charge in [0.1, 0.15) is 0 Å². The average Bonchev–Trinajstić information content (AvgIpc) is 2.27. The fourth-order valence-corrected chi connectivity index (χ4v) is 1.77. The second-order valence-electron chi connectivity index (χ2n) is 4.32. The van der Waals surface area contributed by atoms with Crippen LogP contribution in [-0.2, 0) is 0 Å². The average molecular weight is 297 g/mol. The molecule has 0 amide bonds. The molecule has 1 aliphatic heterocycles. The molecule has 1 fully saturated rings. The molecule has 0 bridgehead atoms. The molecule has 1 saturated heterocycles. The zero-order chi connectivity index (χ0) is 9.35. The number of rotatable bonds is 0. The minimum atomic E-state index is 0. The van der Waals surface area contributed by atoms with E-state index in [4.69, 9.17) is 5.73 Å². The van der Waals surface area contributed by atoms with Gasteiger partial charge in [-0.15, -0.1) is 0 Å². The van der Waals surface area contributed by atoms with E-state index in [1.807, 2.05) is 18.7 Å². The van der Waals surface area contributed by atoms with E-state index in [0.717, 1.165) is 12.5 Å². The zero-order valence-electron chi connectivity index (χ0n) is 8.97. The maximum atomic E-state index is 5.97. The number of halogens is 1. The van der Waals surface area contributed by atoms with Gasteiger partial charge < -0.3 is 24.0 Å². The molecule has 0 aliphatic carbocycles. The van der Waals surface area contributed by atoms with Gasteiger partial charge in [-0.25, -0.2) is 0 Å². The molecule has 1 aliphatic rings. The summed E-state index contributed by atoms with van der Waals surface area (Å²) in [5.41, 5.74) is 6.21. The lowest BCUT2D eigenvalue weighted by Gasteiger charge is -2.27. The molecule has 3 nitrogen and oxygen atoms in total. The van der Waals surface area contributed by atoms with Crippen LogP contribution in [0.2, 0.25) is 0 Å². The van der Waals surface area contributed by atoms with E-state index in [1.165, 1.54) is 12.8 Å². The van der Waals surface area contributed by atoms with Crippen molar-refractivity contribution in [1.82, 2.24) is 4.90 Å². The van der Waals surface area contributed by atoms with E-state index >= 15 is 0 Å². The van der Waals surface area contributed by atoms with Crippen LogP contribution in [0.1, 0.15) is 26.7 Å². The highest BCUT2D eigenvalue weighted by atomic mass is 127. The molecule has 0 atom stereocenters. The predicted octanol–water partition coefficient (Wildman–Crippen LogP) is -2.55. The molecule has 0 saturated carbocycles. The summed E-state index contributed by atoms with van der Waals surface area (Å²) in [6, 6.07) is 0. The maximum Gasteiger partial charge on any atom is 0.345 e. The fourth-order valence-electron chi connectivity index (χ4n) is 1.77. The highest BCUT2D eigenvalue weighted by Crippen LogP contribution is 2.27. The fraction of sp³-hybridized carbons (Fsp3) is 0.889. The molecule has 0 aromatic carbocycles. The Morgan fingerprint density at radius 3 is 2.23 bits per heavy atom.